The van der Waals surface area contributed by atoms with E-state index < -0.39 is 29.6 Å². The minimum absolute atomic E-state index is 0.0934. The van der Waals surface area contributed by atoms with Gasteiger partial charge >= 0.3 is 12.1 Å². The fourth-order valence-electron chi connectivity index (χ4n) is 3.02. The van der Waals surface area contributed by atoms with Crippen molar-refractivity contribution in [2.45, 2.75) is 52.3 Å². The third-order valence-corrected chi connectivity index (χ3v) is 5.94. The van der Waals surface area contributed by atoms with E-state index in [2.05, 4.69) is 16.0 Å². The second-order valence-corrected chi connectivity index (χ2v) is 9.90. The summed E-state index contributed by atoms with van der Waals surface area (Å²) in [6.07, 6.45) is -0.743. The summed E-state index contributed by atoms with van der Waals surface area (Å²) in [6, 6.07) is 6.59. The van der Waals surface area contributed by atoms with Crippen LogP contribution in [-0.4, -0.2) is 54.3 Å². The van der Waals surface area contributed by atoms with Crippen molar-refractivity contribution in [3.63, 3.8) is 0 Å². The molecular formula is C24H31N3O7S. The molecule has 2 rings (SSSR count). The molecule has 10 nitrogen and oxygen atoms in total. The van der Waals surface area contributed by atoms with E-state index in [-0.39, 0.29) is 29.1 Å². The number of phenolic OH excluding ortho intramolecular Hbond substituents is 1. The smallest absolute Gasteiger partial charge is 0.407 e. The van der Waals surface area contributed by atoms with Crippen LogP contribution in [0, 0.1) is 6.92 Å². The number of amides is 3. The number of nitrogens with one attached hydrogen (secondary N) is 3. The Morgan fingerprint density at radius 1 is 1.09 bits per heavy atom. The van der Waals surface area contributed by atoms with Crippen molar-refractivity contribution in [1.29, 1.82) is 0 Å². The van der Waals surface area contributed by atoms with Crippen LogP contribution >= 0.6 is 11.3 Å². The van der Waals surface area contributed by atoms with Crippen LogP contribution in [0.3, 0.4) is 0 Å². The molecule has 1 heterocycles. The van der Waals surface area contributed by atoms with E-state index in [9.17, 15) is 24.3 Å². The molecule has 0 spiro atoms. The van der Waals surface area contributed by atoms with Crippen molar-refractivity contribution in [2.75, 3.05) is 13.7 Å². The first-order valence-electron chi connectivity index (χ1n) is 10.9. The van der Waals surface area contributed by atoms with Gasteiger partial charge in [0.05, 0.1) is 29.5 Å². The van der Waals surface area contributed by atoms with Gasteiger partial charge < -0.3 is 30.5 Å². The van der Waals surface area contributed by atoms with E-state index in [1.54, 1.807) is 58.9 Å². The third kappa shape index (κ3) is 8.29. The van der Waals surface area contributed by atoms with Gasteiger partial charge in [-0.05, 0) is 63.9 Å². The monoisotopic (exact) mass is 505 g/mol. The SMILES string of the molecule is COC(=O)C(CNC(=O)OC(C)(C)C)NC(=O)c1sc(C(=O)NC(C)c2cccc(O)c2)cc1C. The van der Waals surface area contributed by atoms with Gasteiger partial charge in [-0.1, -0.05) is 12.1 Å². The summed E-state index contributed by atoms with van der Waals surface area (Å²) in [5.41, 5.74) is 0.548. The van der Waals surface area contributed by atoms with E-state index in [4.69, 9.17) is 9.47 Å². The van der Waals surface area contributed by atoms with E-state index >= 15 is 0 Å². The number of thiophene rings is 1. The normalized spacial score (nSPS) is 12.7. The van der Waals surface area contributed by atoms with E-state index in [0.717, 1.165) is 16.9 Å². The first-order valence-corrected chi connectivity index (χ1v) is 11.7. The Hall–Kier alpha value is -3.60. The Labute approximate surface area is 208 Å². The van der Waals surface area contributed by atoms with Crippen LogP contribution in [-0.2, 0) is 14.3 Å². The van der Waals surface area contributed by atoms with Gasteiger partial charge in [0.15, 0.2) is 0 Å². The molecule has 0 bridgehead atoms. The lowest BCUT2D eigenvalue weighted by molar-refractivity contribution is -0.142. The molecule has 4 N–H and O–H groups in total. The van der Waals surface area contributed by atoms with Gasteiger partial charge in [-0.2, -0.15) is 0 Å². The molecule has 0 radical (unpaired) electrons. The zero-order valence-electron chi connectivity index (χ0n) is 20.6. The topological polar surface area (TPSA) is 143 Å². The average molecular weight is 506 g/mol. The number of hydrogen-bond donors (Lipinski definition) is 4. The predicted molar refractivity (Wildman–Crippen MR) is 131 cm³/mol. The summed E-state index contributed by atoms with van der Waals surface area (Å²) in [6.45, 7) is 8.30. The molecule has 35 heavy (non-hydrogen) atoms. The van der Waals surface area contributed by atoms with Gasteiger partial charge in [-0.15, -0.1) is 11.3 Å². The molecule has 0 aliphatic carbocycles. The molecule has 1 aromatic carbocycles. The number of hydrogen-bond acceptors (Lipinski definition) is 8. The van der Waals surface area contributed by atoms with Crippen molar-refractivity contribution in [3.05, 3.63) is 51.2 Å². The lowest BCUT2D eigenvalue weighted by Crippen LogP contribution is -2.49. The molecule has 11 heteroatoms. The van der Waals surface area contributed by atoms with Crippen LogP contribution in [0.15, 0.2) is 30.3 Å². The average Bonchev–Trinajstić information content (AvgIpc) is 3.16. The number of alkyl carbamates (subject to hydrolysis) is 1. The molecule has 3 amide bonds. The molecule has 2 aromatic rings. The quantitative estimate of drug-likeness (QED) is 0.404. The van der Waals surface area contributed by atoms with Crippen LogP contribution in [0.5, 0.6) is 5.75 Å². The molecule has 0 aliphatic heterocycles. The number of carbonyl (C=O) groups is 4. The number of phenols is 1. The zero-order chi connectivity index (χ0) is 26.3. The Kier molecular flexibility index (Phi) is 9.24. The van der Waals surface area contributed by atoms with Gasteiger partial charge in [0.1, 0.15) is 17.4 Å². The molecule has 2 atom stereocenters. The zero-order valence-corrected chi connectivity index (χ0v) is 21.4. The Morgan fingerprint density at radius 3 is 2.37 bits per heavy atom. The molecule has 2 unspecified atom stereocenters. The summed E-state index contributed by atoms with van der Waals surface area (Å²) in [4.78, 5) is 50.2. The highest BCUT2D eigenvalue weighted by Gasteiger charge is 2.27. The van der Waals surface area contributed by atoms with Crippen LogP contribution in [0.4, 0.5) is 4.79 Å². The van der Waals surface area contributed by atoms with Gasteiger partial charge in [0.25, 0.3) is 11.8 Å². The Balaban J connectivity index is 2.07. The molecule has 1 aromatic heterocycles. The fraction of sp³-hybridized carbons (Fsp3) is 0.417. The lowest BCUT2D eigenvalue weighted by atomic mass is 10.1. The summed E-state index contributed by atoms with van der Waals surface area (Å²) >= 11 is 0.972. The first-order chi connectivity index (χ1) is 16.3. The number of aromatic hydroxyl groups is 1. The van der Waals surface area contributed by atoms with Crippen molar-refractivity contribution in [2.24, 2.45) is 0 Å². The maximum atomic E-state index is 12.9. The van der Waals surface area contributed by atoms with Crippen LogP contribution in [0.2, 0.25) is 0 Å². The fourth-order valence-corrected chi connectivity index (χ4v) is 4.00. The number of benzene rings is 1. The minimum Gasteiger partial charge on any atom is -0.508 e. The number of methoxy groups -OCH3 is 1. The summed E-state index contributed by atoms with van der Waals surface area (Å²) in [5, 5.41) is 17.4. The molecule has 0 fully saturated rings. The second-order valence-electron chi connectivity index (χ2n) is 8.84. The van der Waals surface area contributed by atoms with Crippen molar-refractivity contribution >= 4 is 35.2 Å². The maximum absolute atomic E-state index is 12.9. The third-order valence-electron chi connectivity index (χ3n) is 4.71. The van der Waals surface area contributed by atoms with Crippen molar-refractivity contribution in [1.82, 2.24) is 16.0 Å². The largest absolute Gasteiger partial charge is 0.508 e. The number of carbonyl (C=O) groups excluding carboxylic acids is 4. The highest BCUT2D eigenvalue weighted by Crippen LogP contribution is 2.24. The van der Waals surface area contributed by atoms with Crippen molar-refractivity contribution in [3.8, 4) is 5.75 Å². The van der Waals surface area contributed by atoms with Crippen molar-refractivity contribution < 1.29 is 33.8 Å². The van der Waals surface area contributed by atoms with Gasteiger partial charge in [-0.3, -0.25) is 9.59 Å². The maximum Gasteiger partial charge on any atom is 0.407 e. The van der Waals surface area contributed by atoms with Crippen LogP contribution in [0.25, 0.3) is 0 Å². The van der Waals surface area contributed by atoms with E-state index in [1.807, 2.05) is 0 Å². The molecule has 0 aliphatic rings. The standard InChI is InChI=1S/C24H31N3O7S/c1-13-10-18(20(29)26-14(2)15-8-7-9-16(28)11-15)35-19(13)21(30)27-17(22(31)33-6)12-25-23(32)34-24(3,4)5/h7-11,14,17,28H,12H2,1-6H3,(H,25,32)(H,26,29)(H,27,30). The summed E-state index contributed by atoms with van der Waals surface area (Å²) in [7, 11) is 1.17. The van der Waals surface area contributed by atoms with E-state index in [1.165, 1.54) is 13.2 Å². The second kappa shape index (κ2) is 11.7. The van der Waals surface area contributed by atoms with E-state index in [0.29, 0.717) is 10.4 Å². The molecule has 0 saturated heterocycles. The number of esters is 1. The van der Waals surface area contributed by atoms with Gasteiger partial charge in [0.2, 0.25) is 0 Å². The minimum atomic E-state index is -1.16. The van der Waals surface area contributed by atoms with Gasteiger partial charge in [-0.25, -0.2) is 9.59 Å². The van der Waals surface area contributed by atoms with Crippen LogP contribution < -0.4 is 16.0 Å². The Bertz CT molecular complexity index is 1090. The Morgan fingerprint density at radius 2 is 1.77 bits per heavy atom. The number of aryl methyl sites for hydroxylation is 1. The summed E-state index contributed by atoms with van der Waals surface area (Å²) in [5.74, 6) is -1.63. The highest BCUT2D eigenvalue weighted by atomic mass is 32.1. The predicted octanol–water partition coefficient (Wildman–Crippen LogP) is 3.05. The number of rotatable bonds is 8. The number of ether oxygens (including phenoxy) is 2. The highest BCUT2D eigenvalue weighted by molar-refractivity contribution is 7.16. The lowest BCUT2D eigenvalue weighted by Gasteiger charge is -2.21. The first kappa shape index (κ1) is 27.6. The van der Waals surface area contributed by atoms with Crippen LogP contribution in [0.1, 0.15) is 64.2 Å². The summed E-state index contributed by atoms with van der Waals surface area (Å²) < 4.78 is 9.86. The molecule has 0 saturated carbocycles. The molecule has 190 valence electrons. The van der Waals surface area contributed by atoms with Gasteiger partial charge in [0, 0.05) is 0 Å². The molecular weight excluding hydrogens is 474 g/mol.